The zero-order valence-corrected chi connectivity index (χ0v) is 12.0. The molecule has 112 valence electrons. The van der Waals surface area contributed by atoms with E-state index in [1.807, 2.05) is 0 Å². The molecule has 0 saturated carbocycles. The van der Waals surface area contributed by atoms with E-state index in [1.54, 1.807) is 0 Å². The summed E-state index contributed by atoms with van der Waals surface area (Å²) in [6, 6.07) is 0. The van der Waals surface area contributed by atoms with Gasteiger partial charge in [-0.1, -0.05) is 0 Å². The molecule has 2 aliphatic rings. The highest BCUT2D eigenvalue weighted by molar-refractivity contribution is 7.89. The van der Waals surface area contributed by atoms with Crippen molar-refractivity contribution in [2.45, 2.75) is 31.8 Å². The van der Waals surface area contributed by atoms with Crippen molar-refractivity contribution in [1.82, 2.24) is 0 Å². The molecule has 2 aliphatic heterocycles. The first-order valence-electron chi connectivity index (χ1n) is 6.77. The van der Waals surface area contributed by atoms with Crippen LogP contribution in [0.1, 0.15) is 25.7 Å². The summed E-state index contributed by atoms with van der Waals surface area (Å²) in [5.74, 6) is -0.0213. The normalized spacial score (nSPS) is 25.3. The molecule has 2 N–H and O–H groups in total. The minimum absolute atomic E-state index is 0.0213. The number of hydrogen-bond acceptors (Lipinski definition) is 5. The fraction of sp³-hybridized carbons (Fsp3) is 1.00. The molecule has 0 amide bonds. The minimum Gasteiger partial charge on any atom is -0.381 e. The highest BCUT2D eigenvalue weighted by Gasteiger charge is 2.37. The smallest absolute Gasteiger partial charge is 0.209 e. The number of ether oxygens (including phenoxy) is 3. The third-order valence-electron chi connectivity index (χ3n) is 3.85. The summed E-state index contributed by atoms with van der Waals surface area (Å²) in [6.45, 7) is 3.03. The van der Waals surface area contributed by atoms with Crippen molar-refractivity contribution in [3.05, 3.63) is 0 Å². The Morgan fingerprint density at radius 3 is 2.26 bits per heavy atom. The Morgan fingerprint density at radius 2 is 1.68 bits per heavy atom. The maximum absolute atomic E-state index is 11.4. The van der Waals surface area contributed by atoms with Gasteiger partial charge in [0.05, 0.1) is 18.5 Å². The second-order valence-electron chi connectivity index (χ2n) is 5.54. The topological polar surface area (TPSA) is 87.9 Å². The van der Waals surface area contributed by atoms with Crippen LogP contribution in [0.15, 0.2) is 0 Å². The van der Waals surface area contributed by atoms with Crippen molar-refractivity contribution in [1.29, 1.82) is 0 Å². The number of nitrogens with two attached hydrogens (primary N) is 1. The summed E-state index contributed by atoms with van der Waals surface area (Å²) in [5, 5.41) is 5.22. The quantitative estimate of drug-likeness (QED) is 0.786. The van der Waals surface area contributed by atoms with Crippen LogP contribution < -0.4 is 5.14 Å². The summed E-state index contributed by atoms with van der Waals surface area (Å²) >= 11 is 0. The van der Waals surface area contributed by atoms with Gasteiger partial charge in [-0.2, -0.15) is 0 Å². The second kappa shape index (κ2) is 6.49. The van der Waals surface area contributed by atoms with Gasteiger partial charge in [0.15, 0.2) is 0 Å². The number of rotatable bonds is 5. The van der Waals surface area contributed by atoms with Gasteiger partial charge in [-0.05, 0) is 25.7 Å². The molecule has 7 heteroatoms. The van der Waals surface area contributed by atoms with Gasteiger partial charge < -0.3 is 14.2 Å². The third kappa shape index (κ3) is 5.00. The van der Waals surface area contributed by atoms with E-state index < -0.39 is 10.0 Å². The Kier molecular flexibility index (Phi) is 5.19. The molecule has 0 bridgehead atoms. The van der Waals surface area contributed by atoms with Crippen LogP contribution >= 0.6 is 0 Å². The van der Waals surface area contributed by atoms with E-state index >= 15 is 0 Å². The van der Waals surface area contributed by atoms with Crippen molar-refractivity contribution in [3.8, 4) is 0 Å². The summed E-state index contributed by atoms with van der Waals surface area (Å²) in [7, 11) is -3.50. The van der Waals surface area contributed by atoms with Gasteiger partial charge in [0.25, 0.3) is 0 Å². The summed E-state index contributed by atoms with van der Waals surface area (Å²) < 4.78 is 39.4. The van der Waals surface area contributed by atoms with Gasteiger partial charge in [-0.25, -0.2) is 13.6 Å². The van der Waals surface area contributed by atoms with Gasteiger partial charge in [-0.15, -0.1) is 0 Å². The first-order chi connectivity index (χ1) is 8.99. The molecule has 0 radical (unpaired) electrons. The van der Waals surface area contributed by atoms with Crippen molar-refractivity contribution in [3.63, 3.8) is 0 Å². The molecule has 0 spiro atoms. The van der Waals surface area contributed by atoms with Crippen molar-refractivity contribution < 1.29 is 22.6 Å². The van der Waals surface area contributed by atoms with Crippen LogP contribution in [0, 0.1) is 5.41 Å². The van der Waals surface area contributed by atoms with Crippen LogP contribution in [0.4, 0.5) is 0 Å². The molecule has 2 saturated heterocycles. The molecule has 2 rings (SSSR count). The van der Waals surface area contributed by atoms with Crippen molar-refractivity contribution >= 4 is 10.0 Å². The highest BCUT2D eigenvalue weighted by atomic mass is 32.2. The van der Waals surface area contributed by atoms with E-state index in [0.717, 1.165) is 26.1 Å². The minimum atomic E-state index is -3.50. The van der Waals surface area contributed by atoms with E-state index in [2.05, 4.69) is 0 Å². The van der Waals surface area contributed by atoms with Crippen LogP contribution in [-0.2, 0) is 24.2 Å². The lowest BCUT2D eigenvalue weighted by molar-refractivity contribution is -0.0821. The van der Waals surface area contributed by atoms with Crippen LogP contribution in [0.25, 0.3) is 0 Å². The van der Waals surface area contributed by atoms with Crippen LogP contribution in [-0.4, -0.2) is 53.3 Å². The Hall–Kier alpha value is -0.210. The largest absolute Gasteiger partial charge is 0.381 e. The molecule has 0 aromatic carbocycles. The van der Waals surface area contributed by atoms with Crippen LogP contribution in [0.3, 0.4) is 0 Å². The van der Waals surface area contributed by atoms with Gasteiger partial charge >= 0.3 is 0 Å². The number of hydrogen-bond donors (Lipinski definition) is 1. The van der Waals surface area contributed by atoms with Gasteiger partial charge in [-0.3, -0.25) is 0 Å². The average Bonchev–Trinajstić information content (AvgIpc) is 2.37. The first-order valence-corrected chi connectivity index (χ1v) is 8.48. The number of sulfonamides is 1. The van der Waals surface area contributed by atoms with E-state index in [9.17, 15) is 8.42 Å². The van der Waals surface area contributed by atoms with Gasteiger partial charge in [0.1, 0.15) is 0 Å². The zero-order valence-electron chi connectivity index (χ0n) is 11.2. The van der Waals surface area contributed by atoms with Crippen LogP contribution in [0.2, 0.25) is 0 Å². The molecule has 0 aromatic heterocycles. The van der Waals surface area contributed by atoms with Gasteiger partial charge in [0.2, 0.25) is 10.0 Å². The van der Waals surface area contributed by atoms with Gasteiger partial charge in [0, 0.05) is 31.8 Å². The molecular weight excluding hydrogens is 270 g/mol. The standard InChI is InChI=1S/C12H23NO5S/c13-19(14,15)10-12(3-7-17-8-4-12)9-18-11-1-5-16-6-2-11/h11H,1-10H2,(H2,13,14,15). The lowest BCUT2D eigenvalue weighted by atomic mass is 9.83. The SMILES string of the molecule is NS(=O)(=O)CC1(COC2CCOCC2)CCOCC1. The Morgan fingerprint density at radius 1 is 1.11 bits per heavy atom. The zero-order chi connectivity index (χ0) is 13.8. The third-order valence-corrected chi connectivity index (χ3v) is 4.87. The number of primary sulfonamides is 1. The fourth-order valence-electron chi connectivity index (χ4n) is 2.70. The molecule has 0 unspecified atom stereocenters. The predicted molar refractivity (Wildman–Crippen MR) is 70.3 cm³/mol. The molecule has 0 aliphatic carbocycles. The van der Waals surface area contributed by atoms with E-state index in [4.69, 9.17) is 19.3 Å². The molecule has 2 heterocycles. The maximum Gasteiger partial charge on any atom is 0.209 e. The summed E-state index contributed by atoms with van der Waals surface area (Å²) in [6.07, 6.45) is 3.30. The highest BCUT2D eigenvalue weighted by Crippen LogP contribution is 2.33. The Labute approximate surface area is 114 Å². The van der Waals surface area contributed by atoms with E-state index in [1.165, 1.54) is 0 Å². The second-order valence-corrected chi connectivity index (χ2v) is 7.16. The molecule has 2 fully saturated rings. The molecular formula is C12H23NO5S. The molecule has 0 atom stereocenters. The van der Waals surface area contributed by atoms with Crippen molar-refractivity contribution in [2.24, 2.45) is 10.6 Å². The van der Waals surface area contributed by atoms with E-state index in [0.29, 0.717) is 32.7 Å². The lowest BCUT2D eigenvalue weighted by Crippen LogP contribution is -2.43. The molecule has 0 aromatic rings. The Bertz CT molecular complexity index is 372. The molecule has 19 heavy (non-hydrogen) atoms. The Balaban J connectivity index is 1.93. The maximum atomic E-state index is 11.4. The fourth-order valence-corrected chi connectivity index (χ4v) is 3.92. The average molecular weight is 293 g/mol. The summed E-state index contributed by atoms with van der Waals surface area (Å²) in [5.41, 5.74) is -0.385. The monoisotopic (exact) mass is 293 g/mol. The first kappa shape index (κ1) is 15.2. The van der Waals surface area contributed by atoms with E-state index in [-0.39, 0.29) is 17.3 Å². The van der Waals surface area contributed by atoms with Crippen LogP contribution in [0.5, 0.6) is 0 Å². The predicted octanol–water partition coefficient (Wildman–Crippen LogP) is 0.267. The summed E-state index contributed by atoms with van der Waals surface area (Å²) in [4.78, 5) is 0. The molecule has 6 nitrogen and oxygen atoms in total. The van der Waals surface area contributed by atoms with Crippen molar-refractivity contribution in [2.75, 3.05) is 38.8 Å². The lowest BCUT2D eigenvalue weighted by Gasteiger charge is -2.37.